The van der Waals surface area contributed by atoms with Gasteiger partial charge in [-0.1, -0.05) is 12.1 Å². The van der Waals surface area contributed by atoms with Gasteiger partial charge < -0.3 is 9.84 Å². The molecule has 7 heteroatoms. The Morgan fingerprint density at radius 3 is 2.39 bits per heavy atom. The molecular formula is C11H11F3O3S. The molecule has 0 unspecified atom stereocenters. The van der Waals surface area contributed by atoms with E-state index < -0.39 is 11.5 Å². The number of alkyl halides is 3. The lowest BCUT2D eigenvalue weighted by Crippen LogP contribution is -2.07. The van der Waals surface area contributed by atoms with Crippen molar-refractivity contribution in [2.24, 2.45) is 0 Å². The molecule has 0 saturated heterocycles. The van der Waals surface area contributed by atoms with Crippen LogP contribution in [0.4, 0.5) is 13.2 Å². The van der Waals surface area contributed by atoms with Gasteiger partial charge in [0.25, 0.3) is 0 Å². The zero-order valence-corrected chi connectivity index (χ0v) is 10.1. The van der Waals surface area contributed by atoms with Crippen LogP contribution in [0.1, 0.15) is 5.56 Å². The van der Waals surface area contributed by atoms with Gasteiger partial charge in [0.15, 0.2) is 0 Å². The SMILES string of the molecule is O=C(O)Cc1ccc(OCCSC(F)(F)F)cc1. The number of benzene rings is 1. The quantitative estimate of drug-likeness (QED) is 0.814. The number of carboxylic acids is 1. The smallest absolute Gasteiger partial charge is 0.441 e. The van der Waals surface area contributed by atoms with Crippen LogP contribution in [0.3, 0.4) is 0 Å². The van der Waals surface area contributed by atoms with Gasteiger partial charge >= 0.3 is 11.5 Å². The van der Waals surface area contributed by atoms with E-state index in [2.05, 4.69) is 0 Å². The van der Waals surface area contributed by atoms with Gasteiger partial charge in [-0.15, -0.1) is 0 Å². The largest absolute Gasteiger partial charge is 0.493 e. The first-order chi connectivity index (χ1) is 8.37. The highest BCUT2D eigenvalue weighted by atomic mass is 32.2. The molecule has 0 atom stereocenters. The van der Waals surface area contributed by atoms with Gasteiger partial charge in [-0.05, 0) is 29.5 Å². The first kappa shape index (κ1) is 14.7. The molecule has 1 N–H and O–H groups in total. The van der Waals surface area contributed by atoms with E-state index in [1.54, 1.807) is 12.1 Å². The third-order valence-corrected chi connectivity index (χ3v) is 2.59. The summed E-state index contributed by atoms with van der Waals surface area (Å²) >= 11 is -0.138. The highest BCUT2D eigenvalue weighted by Gasteiger charge is 2.27. The Morgan fingerprint density at radius 1 is 1.28 bits per heavy atom. The number of hydrogen-bond donors (Lipinski definition) is 1. The first-order valence-electron chi connectivity index (χ1n) is 5.01. The average molecular weight is 280 g/mol. The fraction of sp³-hybridized carbons (Fsp3) is 0.364. The number of hydrogen-bond acceptors (Lipinski definition) is 3. The van der Waals surface area contributed by atoms with Crippen LogP contribution in [0, 0.1) is 0 Å². The highest BCUT2D eigenvalue weighted by Crippen LogP contribution is 2.29. The van der Waals surface area contributed by atoms with Gasteiger partial charge in [0, 0.05) is 5.75 Å². The van der Waals surface area contributed by atoms with Gasteiger partial charge in [0.05, 0.1) is 13.0 Å². The van der Waals surface area contributed by atoms with E-state index >= 15 is 0 Å². The van der Waals surface area contributed by atoms with Gasteiger partial charge in [0.2, 0.25) is 0 Å². The Hall–Kier alpha value is -1.37. The molecule has 0 aliphatic carbocycles. The second-order valence-corrected chi connectivity index (χ2v) is 4.52. The second-order valence-electron chi connectivity index (χ2n) is 3.36. The number of carboxylic acid groups (broad SMARTS) is 1. The molecular weight excluding hydrogens is 269 g/mol. The summed E-state index contributed by atoms with van der Waals surface area (Å²) in [4.78, 5) is 10.4. The molecule has 0 saturated carbocycles. The summed E-state index contributed by atoms with van der Waals surface area (Å²) in [5.74, 6) is -0.697. The number of thioether (sulfide) groups is 1. The molecule has 3 nitrogen and oxygen atoms in total. The van der Waals surface area contributed by atoms with Crippen LogP contribution >= 0.6 is 11.8 Å². The zero-order valence-electron chi connectivity index (χ0n) is 9.24. The Balaban J connectivity index is 2.33. The lowest BCUT2D eigenvalue weighted by Gasteiger charge is -2.08. The summed E-state index contributed by atoms with van der Waals surface area (Å²) in [6.07, 6.45) is -0.0931. The predicted molar refractivity (Wildman–Crippen MR) is 61.8 cm³/mol. The number of carbonyl (C=O) groups is 1. The summed E-state index contributed by atoms with van der Waals surface area (Å²) in [5.41, 5.74) is -3.63. The minimum Gasteiger partial charge on any atom is -0.493 e. The number of aliphatic carboxylic acids is 1. The molecule has 0 bridgehead atoms. The minimum atomic E-state index is -4.24. The molecule has 18 heavy (non-hydrogen) atoms. The lowest BCUT2D eigenvalue weighted by atomic mass is 10.1. The Kier molecular flexibility index (Phi) is 5.33. The molecule has 0 spiro atoms. The number of ether oxygens (including phenoxy) is 1. The summed E-state index contributed by atoms with van der Waals surface area (Å²) in [6, 6.07) is 6.22. The van der Waals surface area contributed by atoms with Crippen molar-refractivity contribution in [3.05, 3.63) is 29.8 Å². The van der Waals surface area contributed by atoms with Crippen molar-refractivity contribution >= 4 is 17.7 Å². The first-order valence-corrected chi connectivity index (χ1v) is 5.99. The van der Waals surface area contributed by atoms with Crippen LogP contribution in [0.15, 0.2) is 24.3 Å². The normalized spacial score (nSPS) is 11.3. The Morgan fingerprint density at radius 2 is 1.89 bits per heavy atom. The molecule has 0 heterocycles. The van der Waals surface area contributed by atoms with Crippen LogP contribution in [0.2, 0.25) is 0 Å². The molecule has 0 amide bonds. The summed E-state index contributed by atoms with van der Waals surface area (Å²) in [7, 11) is 0. The van der Waals surface area contributed by atoms with E-state index in [1.807, 2.05) is 0 Å². The van der Waals surface area contributed by atoms with Crippen LogP contribution in [0.5, 0.6) is 5.75 Å². The van der Waals surface area contributed by atoms with Crippen molar-refractivity contribution < 1.29 is 27.8 Å². The fourth-order valence-electron chi connectivity index (χ4n) is 1.20. The molecule has 100 valence electrons. The van der Waals surface area contributed by atoms with E-state index in [9.17, 15) is 18.0 Å². The zero-order chi connectivity index (χ0) is 13.6. The summed E-state index contributed by atoms with van der Waals surface area (Å²) in [6.45, 7) is -0.0531. The summed E-state index contributed by atoms with van der Waals surface area (Å²) < 4.78 is 40.5. The third kappa shape index (κ3) is 6.39. The van der Waals surface area contributed by atoms with Crippen LogP contribution in [-0.2, 0) is 11.2 Å². The summed E-state index contributed by atoms with van der Waals surface area (Å²) in [5, 5.41) is 8.55. The molecule has 1 aromatic carbocycles. The lowest BCUT2D eigenvalue weighted by molar-refractivity contribution is -0.136. The monoisotopic (exact) mass is 280 g/mol. The molecule has 0 aromatic heterocycles. The minimum absolute atomic E-state index is 0.0531. The van der Waals surface area contributed by atoms with Crippen molar-refractivity contribution in [3.63, 3.8) is 0 Å². The van der Waals surface area contributed by atoms with E-state index in [-0.39, 0.29) is 30.5 Å². The molecule has 0 fully saturated rings. The van der Waals surface area contributed by atoms with Gasteiger partial charge in [-0.2, -0.15) is 13.2 Å². The topological polar surface area (TPSA) is 46.5 Å². The molecule has 0 aliphatic heterocycles. The van der Waals surface area contributed by atoms with E-state index in [1.165, 1.54) is 12.1 Å². The van der Waals surface area contributed by atoms with Crippen molar-refractivity contribution in [2.45, 2.75) is 11.9 Å². The molecule has 1 aromatic rings. The van der Waals surface area contributed by atoms with Crippen LogP contribution < -0.4 is 4.74 Å². The van der Waals surface area contributed by atoms with Gasteiger partial charge in [-0.3, -0.25) is 4.79 Å². The fourth-order valence-corrected chi connectivity index (χ4v) is 1.59. The Labute approximate surface area is 106 Å². The van der Waals surface area contributed by atoms with Crippen molar-refractivity contribution in [2.75, 3.05) is 12.4 Å². The van der Waals surface area contributed by atoms with Crippen molar-refractivity contribution in [3.8, 4) is 5.75 Å². The molecule has 0 aliphatic rings. The van der Waals surface area contributed by atoms with E-state index in [0.717, 1.165) is 0 Å². The van der Waals surface area contributed by atoms with Crippen LogP contribution in [0.25, 0.3) is 0 Å². The van der Waals surface area contributed by atoms with Gasteiger partial charge in [-0.25, -0.2) is 0 Å². The maximum Gasteiger partial charge on any atom is 0.441 e. The number of rotatable bonds is 6. The second kappa shape index (κ2) is 6.53. The van der Waals surface area contributed by atoms with Crippen molar-refractivity contribution in [1.29, 1.82) is 0 Å². The molecule has 0 radical (unpaired) electrons. The van der Waals surface area contributed by atoms with Crippen LogP contribution in [-0.4, -0.2) is 28.9 Å². The van der Waals surface area contributed by atoms with E-state index in [0.29, 0.717) is 11.3 Å². The maximum atomic E-state index is 11.8. The highest BCUT2D eigenvalue weighted by molar-refractivity contribution is 8.00. The van der Waals surface area contributed by atoms with Gasteiger partial charge in [0.1, 0.15) is 5.75 Å². The maximum absolute atomic E-state index is 11.8. The predicted octanol–water partition coefficient (Wildman–Crippen LogP) is 2.95. The van der Waals surface area contributed by atoms with E-state index in [4.69, 9.17) is 9.84 Å². The van der Waals surface area contributed by atoms with Crippen molar-refractivity contribution in [1.82, 2.24) is 0 Å². The third-order valence-electron chi connectivity index (χ3n) is 1.90. The Bertz CT molecular complexity index is 390. The standard InChI is InChI=1S/C11H11F3O3S/c12-11(13,14)18-6-5-17-9-3-1-8(2-4-9)7-10(15)16/h1-4H,5-7H2,(H,15,16). The average Bonchev–Trinajstić information content (AvgIpc) is 2.24. The number of halogens is 3. The molecule has 1 rings (SSSR count).